The summed E-state index contributed by atoms with van der Waals surface area (Å²) in [6.07, 6.45) is 3.36. The molecule has 2 rings (SSSR count). The van der Waals surface area contributed by atoms with E-state index in [0.717, 1.165) is 18.6 Å². The van der Waals surface area contributed by atoms with Gasteiger partial charge in [0.25, 0.3) is 0 Å². The average Bonchev–Trinajstić information content (AvgIpc) is 2.34. The van der Waals surface area contributed by atoms with Crippen LogP contribution in [0.5, 0.6) is 5.75 Å². The number of hydrogen-bond acceptors (Lipinski definition) is 3. The summed E-state index contributed by atoms with van der Waals surface area (Å²) >= 11 is 0. The molecule has 0 saturated heterocycles. The fourth-order valence-electron chi connectivity index (χ4n) is 2.82. The molecule has 1 aliphatic carbocycles. The van der Waals surface area contributed by atoms with E-state index in [1.165, 1.54) is 12.0 Å². The average molecular weight is 235 g/mol. The maximum Gasteiger partial charge on any atom is 0.118 e. The van der Waals surface area contributed by atoms with Crippen molar-refractivity contribution in [3.63, 3.8) is 0 Å². The van der Waals surface area contributed by atoms with Crippen LogP contribution in [0.3, 0.4) is 0 Å². The monoisotopic (exact) mass is 235 g/mol. The zero-order valence-corrected chi connectivity index (χ0v) is 10.4. The third-order valence-corrected chi connectivity index (χ3v) is 4.16. The molecule has 17 heavy (non-hydrogen) atoms. The highest BCUT2D eigenvalue weighted by atomic mass is 16.5. The zero-order valence-electron chi connectivity index (χ0n) is 10.4. The number of nitrogens with two attached hydrogens (primary N) is 1. The molecule has 0 radical (unpaired) electrons. The number of aliphatic hydroxyl groups excluding tert-OH is 1. The van der Waals surface area contributed by atoms with Gasteiger partial charge in [-0.15, -0.1) is 0 Å². The lowest BCUT2D eigenvalue weighted by molar-refractivity contribution is 0.0192. The molecule has 0 unspecified atom stereocenters. The van der Waals surface area contributed by atoms with E-state index in [0.29, 0.717) is 6.54 Å². The van der Waals surface area contributed by atoms with Gasteiger partial charge in [0.1, 0.15) is 5.75 Å². The molecule has 3 nitrogen and oxygen atoms in total. The number of methoxy groups -OCH3 is 1. The second-order valence-electron chi connectivity index (χ2n) is 4.94. The first kappa shape index (κ1) is 12.4. The molecular weight excluding hydrogens is 214 g/mol. The summed E-state index contributed by atoms with van der Waals surface area (Å²) in [7, 11) is 1.66. The van der Waals surface area contributed by atoms with Gasteiger partial charge in [-0.25, -0.2) is 0 Å². The van der Waals surface area contributed by atoms with E-state index in [1.807, 2.05) is 12.1 Å². The lowest BCUT2D eigenvalue weighted by Crippen LogP contribution is -2.42. The van der Waals surface area contributed by atoms with Gasteiger partial charge in [0.05, 0.1) is 7.11 Å². The van der Waals surface area contributed by atoms with Crippen molar-refractivity contribution in [1.82, 2.24) is 0 Å². The van der Waals surface area contributed by atoms with Crippen LogP contribution in [-0.2, 0) is 0 Å². The number of benzene rings is 1. The molecule has 1 aliphatic rings. The van der Waals surface area contributed by atoms with Crippen LogP contribution in [0.1, 0.15) is 30.7 Å². The van der Waals surface area contributed by atoms with Gasteiger partial charge < -0.3 is 15.6 Å². The van der Waals surface area contributed by atoms with Crippen LogP contribution in [0, 0.1) is 5.41 Å². The normalized spacial score (nSPS) is 19.5. The third kappa shape index (κ3) is 2.17. The smallest absolute Gasteiger partial charge is 0.118 e. The Morgan fingerprint density at radius 3 is 2.35 bits per heavy atom. The fraction of sp³-hybridized carbons (Fsp3) is 0.571. The maximum atomic E-state index is 9.62. The van der Waals surface area contributed by atoms with Gasteiger partial charge in [-0.3, -0.25) is 0 Å². The first-order valence-corrected chi connectivity index (χ1v) is 6.20. The second-order valence-corrected chi connectivity index (χ2v) is 4.94. The Balaban J connectivity index is 2.22. The SMILES string of the molecule is COc1ccc([C@@H](CN)C2(CO)CCC2)cc1. The maximum absolute atomic E-state index is 9.62. The lowest BCUT2D eigenvalue weighted by Gasteiger charge is -2.46. The summed E-state index contributed by atoms with van der Waals surface area (Å²) in [6, 6.07) is 8.04. The van der Waals surface area contributed by atoms with Gasteiger partial charge in [-0.1, -0.05) is 18.6 Å². The number of rotatable bonds is 5. The second kappa shape index (κ2) is 5.07. The summed E-state index contributed by atoms with van der Waals surface area (Å²) in [5.41, 5.74) is 7.13. The molecular formula is C14H21NO2. The minimum absolute atomic E-state index is 0.0172. The van der Waals surface area contributed by atoms with E-state index >= 15 is 0 Å². The molecule has 1 atom stereocenters. The van der Waals surface area contributed by atoms with Crippen molar-refractivity contribution < 1.29 is 9.84 Å². The van der Waals surface area contributed by atoms with Crippen molar-refractivity contribution in [2.75, 3.05) is 20.3 Å². The van der Waals surface area contributed by atoms with Gasteiger partial charge in [-0.2, -0.15) is 0 Å². The minimum atomic E-state index is 0.0172. The van der Waals surface area contributed by atoms with E-state index in [2.05, 4.69) is 12.1 Å². The molecule has 0 spiro atoms. The number of hydrogen-bond donors (Lipinski definition) is 2. The third-order valence-electron chi connectivity index (χ3n) is 4.16. The Morgan fingerprint density at radius 1 is 1.35 bits per heavy atom. The highest BCUT2D eigenvalue weighted by molar-refractivity contribution is 5.31. The fourth-order valence-corrected chi connectivity index (χ4v) is 2.82. The minimum Gasteiger partial charge on any atom is -0.497 e. The largest absolute Gasteiger partial charge is 0.497 e. The predicted octanol–water partition coefficient (Wildman–Crippen LogP) is 1.90. The number of ether oxygens (including phenoxy) is 1. The molecule has 1 aromatic carbocycles. The van der Waals surface area contributed by atoms with E-state index in [4.69, 9.17) is 10.5 Å². The van der Waals surface area contributed by atoms with E-state index in [-0.39, 0.29) is 17.9 Å². The molecule has 0 heterocycles. The topological polar surface area (TPSA) is 55.5 Å². The molecule has 1 saturated carbocycles. The molecule has 94 valence electrons. The van der Waals surface area contributed by atoms with Crippen molar-refractivity contribution in [2.45, 2.75) is 25.2 Å². The van der Waals surface area contributed by atoms with E-state index in [1.54, 1.807) is 7.11 Å². The van der Waals surface area contributed by atoms with Crippen LogP contribution in [0.15, 0.2) is 24.3 Å². The van der Waals surface area contributed by atoms with Crippen molar-refractivity contribution in [3.05, 3.63) is 29.8 Å². The first-order chi connectivity index (χ1) is 8.25. The molecule has 0 amide bonds. The highest BCUT2D eigenvalue weighted by Gasteiger charge is 2.43. The predicted molar refractivity (Wildman–Crippen MR) is 68.2 cm³/mol. The Labute approximate surface area is 103 Å². The number of aliphatic hydroxyl groups is 1. The van der Waals surface area contributed by atoms with Crippen molar-refractivity contribution >= 4 is 0 Å². The Hall–Kier alpha value is -1.06. The molecule has 0 aliphatic heterocycles. The summed E-state index contributed by atoms with van der Waals surface area (Å²) in [5, 5.41) is 9.62. The molecule has 1 aromatic rings. The zero-order chi connectivity index (χ0) is 12.3. The van der Waals surface area contributed by atoms with Gasteiger partial charge in [0.15, 0.2) is 0 Å². The summed E-state index contributed by atoms with van der Waals surface area (Å²) in [4.78, 5) is 0. The van der Waals surface area contributed by atoms with Crippen molar-refractivity contribution in [3.8, 4) is 5.75 Å². The van der Waals surface area contributed by atoms with Crippen molar-refractivity contribution in [2.24, 2.45) is 11.1 Å². The van der Waals surface area contributed by atoms with Crippen LogP contribution in [-0.4, -0.2) is 25.4 Å². The van der Waals surface area contributed by atoms with Crippen LogP contribution >= 0.6 is 0 Å². The Kier molecular flexibility index (Phi) is 3.69. The lowest BCUT2D eigenvalue weighted by atomic mass is 9.60. The molecule has 3 N–H and O–H groups in total. The molecule has 0 aromatic heterocycles. The first-order valence-electron chi connectivity index (χ1n) is 6.20. The van der Waals surface area contributed by atoms with E-state index < -0.39 is 0 Å². The summed E-state index contributed by atoms with van der Waals surface area (Å²) in [6.45, 7) is 0.827. The molecule has 1 fully saturated rings. The van der Waals surface area contributed by atoms with Crippen LogP contribution in [0.2, 0.25) is 0 Å². The van der Waals surface area contributed by atoms with Crippen LogP contribution in [0.4, 0.5) is 0 Å². The standard InChI is InChI=1S/C14H21NO2/c1-17-12-5-3-11(4-6-12)13(9-15)14(10-16)7-2-8-14/h3-6,13,16H,2,7-10,15H2,1H3/t13-/m1/s1. The summed E-state index contributed by atoms with van der Waals surface area (Å²) < 4.78 is 5.15. The molecule has 0 bridgehead atoms. The van der Waals surface area contributed by atoms with Gasteiger partial charge in [-0.05, 0) is 37.1 Å². The van der Waals surface area contributed by atoms with Crippen molar-refractivity contribution in [1.29, 1.82) is 0 Å². The Morgan fingerprint density at radius 2 is 2.00 bits per heavy atom. The molecule has 3 heteroatoms. The van der Waals surface area contributed by atoms with Crippen LogP contribution in [0.25, 0.3) is 0 Å². The summed E-state index contributed by atoms with van der Waals surface area (Å²) in [5.74, 6) is 1.11. The van der Waals surface area contributed by atoms with Gasteiger partial charge in [0, 0.05) is 17.9 Å². The highest BCUT2D eigenvalue weighted by Crippen LogP contribution is 2.50. The Bertz CT molecular complexity index is 351. The quantitative estimate of drug-likeness (QED) is 0.819. The van der Waals surface area contributed by atoms with Gasteiger partial charge in [0.2, 0.25) is 0 Å². The van der Waals surface area contributed by atoms with E-state index in [9.17, 15) is 5.11 Å². The van der Waals surface area contributed by atoms with Gasteiger partial charge >= 0.3 is 0 Å². The van der Waals surface area contributed by atoms with Crippen LogP contribution < -0.4 is 10.5 Å².